The van der Waals surface area contributed by atoms with E-state index in [2.05, 4.69) is 28.8 Å². The summed E-state index contributed by atoms with van der Waals surface area (Å²) in [5.41, 5.74) is 0. The Balaban J connectivity index is 1.76. The lowest BCUT2D eigenvalue weighted by Gasteiger charge is -2.18. The van der Waals surface area contributed by atoms with Crippen LogP contribution in [0.3, 0.4) is 0 Å². The summed E-state index contributed by atoms with van der Waals surface area (Å²) in [6.07, 6.45) is 3.77. The summed E-state index contributed by atoms with van der Waals surface area (Å²) in [7, 11) is 2.10. The molecule has 2 aliphatic carbocycles. The van der Waals surface area contributed by atoms with Gasteiger partial charge in [-0.1, -0.05) is 18.5 Å². The third-order valence-electron chi connectivity index (χ3n) is 3.82. The number of halogens is 1. The van der Waals surface area contributed by atoms with Crippen LogP contribution in [0.2, 0.25) is 5.15 Å². The van der Waals surface area contributed by atoms with E-state index in [0.29, 0.717) is 11.1 Å². The number of rotatable bonds is 4. The summed E-state index contributed by atoms with van der Waals surface area (Å²) >= 11 is 6.07. The summed E-state index contributed by atoms with van der Waals surface area (Å²) < 4.78 is 0. The topological polar surface area (TPSA) is 29.0 Å². The standard InChI is InChI=1S/C13H18ClN3/c1-8-5-10(8)7-17(2)12-6-11(14)15-13(16-12)9-3-4-9/h6,8-10H,3-5,7H2,1-2H3. The zero-order valence-corrected chi connectivity index (χ0v) is 11.1. The molecule has 1 aromatic heterocycles. The van der Waals surface area contributed by atoms with Crippen LogP contribution in [0.25, 0.3) is 0 Å². The van der Waals surface area contributed by atoms with Crippen molar-refractivity contribution in [1.29, 1.82) is 0 Å². The van der Waals surface area contributed by atoms with Gasteiger partial charge in [0.2, 0.25) is 0 Å². The van der Waals surface area contributed by atoms with E-state index in [0.717, 1.165) is 30.0 Å². The van der Waals surface area contributed by atoms with Gasteiger partial charge in [0.25, 0.3) is 0 Å². The fraction of sp³-hybridized carbons (Fsp3) is 0.692. The minimum atomic E-state index is 0.556. The first-order chi connectivity index (χ1) is 8.13. The Morgan fingerprint density at radius 3 is 2.71 bits per heavy atom. The SMILES string of the molecule is CC1CC1CN(C)c1cc(Cl)nc(C2CC2)n1. The molecule has 17 heavy (non-hydrogen) atoms. The predicted octanol–water partition coefficient (Wildman–Crippen LogP) is 3.10. The van der Waals surface area contributed by atoms with Crippen LogP contribution in [-0.2, 0) is 0 Å². The molecule has 1 heterocycles. The molecule has 0 radical (unpaired) electrons. The Labute approximate surface area is 107 Å². The molecule has 2 saturated carbocycles. The van der Waals surface area contributed by atoms with Gasteiger partial charge in [0.1, 0.15) is 16.8 Å². The third kappa shape index (κ3) is 2.54. The van der Waals surface area contributed by atoms with Gasteiger partial charge >= 0.3 is 0 Å². The fourth-order valence-electron chi connectivity index (χ4n) is 2.24. The molecule has 3 rings (SSSR count). The first-order valence-electron chi connectivity index (χ1n) is 6.39. The monoisotopic (exact) mass is 251 g/mol. The van der Waals surface area contributed by atoms with Gasteiger partial charge in [-0.2, -0.15) is 0 Å². The van der Waals surface area contributed by atoms with Crippen LogP contribution in [0.5, 0.6) is 0 Å². The lowest BCUT2D eigenvalue weighted by Crippen LogP contribution is -2.22. The molecule has 0 aliphatic heterocycles. The van der Waals surface area contributed by atoms with Gasteiger partial charge in [-0.25, -0.2) is 9.97 Å². The second kappa shape index (κ2) is 4.13. The maximum absolute atomic E-state index is 6.07. The summed E-state index contributed by atoms with van der Waals surface area (Å²) in [6, 6.07) is 1.88. The number of hydrogen-bond acceptors (Lipinski definition) is 3. The molecule has 1 aromatic rings. The van der Waals surface area contributed by atoms with Crippen LogP contribution in [0, 0.1) is 11.8 Å². The Morgan fingerprint density at radius 1 is 1.41 bits per heavy atom. The molecule has 0 bridgehead atoms. The maximum atomic E-state index is 6.07. The predicted molar refractivity (Wildman–Crippen MR) is 69.6 cm³/mol. The fourth-order valence-corrected chi connectivity index (χ4v) is 2.43. The van der Waals surface area contributed by atoms with Crippen molar-refractivity contribution < 1.29 is 0 Å². The van der Waals surface area contributed by atoms with Gasteiger partial charge in [0.15, 0.2) is 0 Å². The summed E-state index contributed by atoms with van der Waals surface area (Å²) in [4.78, 5) is 11.2. The van der Waals surface area contributed by atoms with Gasteiger partial charge in [-0.3, -0.25) is 0 Å². The Bertz CT molecular complexity index is 431. The Hall–Kier alpha value is -0.830. The molecular formula is C13H18ClN3. The van der Waals surface area contributed by atoms with Crippen molar-refractivity contribution in [3.8, 4) is 0 Å². The van der Waals surface area contributed by atoms with Crippen molar-refractivity contribution >= 4 is 17.4 Å². The van der Waals surface area contributed by atoms with Crippen molar-refractivity contribution in [2.24, 2.45) is 11.8 Å². The second-order valence-corrected chi connectivity index (χ2v) is 5.92. The molecule has 3 nitrogen and oxygen atoms in total. The van der Waals surface area contributed by atoms with E-state index in [4.69, 9.17) is 11.6 Å². The highest BCUT2D eigenvalue weighted by Gasteiger charge is 2.34. The summed E-state index contributed by atoms with van der Waals surface area (Å²) in [5, 5.41) is 0.576. The molecule has 0 aromatic carbocycles. The lowest BCUT2D eigenvalue weighted by molar-refractivity contribution is 0.715. The Kier molecular flexibility index (Phi) is 2.74. The molecule has 0 spiro atoms. The van der Waals surface area contributed by atoms with E-state index >= 15 is 0 Å². The smallest absolute Gasteiger partial charge is 0.135 e. The van der Waals surface area contributed by atoms with Crippen LogP contribution < -0.4 is 4.90 Å². The van der Waals surface area contributed by atoms with Crippen molar-refractivity contribution in [2.75, 3.05) is 18.5 Å². The van der Waals surface area contributed by atoms with E-state index in [-0.39, 0.29) is 0 Å². The quantitative estimate of drug-likeness (QED) is 0.770. The molecule has 0 N–H and O–H groups in total. The highest BCUT2D eigenvalue weighted by Crippen LogP contribution is 2.40. The van der Waals surface area contributed by atoms with E-state index in [1.165, 1.54) is 19.3 Å². The van der Waals surface area contributed by atoms with Crippen LogP contribution in [0.1, 0.15) is 37.9 Å². The second-order valence-electron chi connectivity index (χ2n) is 5.53. The van der Waals surface area contributed by atoms with E-state index in [1.807, 2.05) is 6.07 Å². The van der Waals surface area contributed by atoms with Crippen LogP contribution >= 0.6 is 11.6 Å². The van der Waals surface area contributed by atoms with Gasteiger partial charge in [0.05, 0.1) is 0 Å². The number of nitrogens with zero attached hydrogens (tertiary/aromatic N) is 3. The van der Waals surface area contributed by atoms with Crippen molar-refractivity contribution in [1.82, 2.24) is 9.97 Å². The van der Waals surface area contributed by atoms with Crippen LogP contribution in [0.4, 0.5) is 5.82 Å². The lowest BCUT2D eigenvalue weighted by atomic mass is 10.3. The highest BCUT2D eigenvalue weighted by molar-refractivity contribution is 6.29. The number of aromatic nitrogens is 2. The highest BCUT2D eigenvalue weighted by atomic mass is 35.5. The summed E-state index contributed by atoms with van der Waals surface area (Å²) in [5.74, 6) is 4.17. The van der Waals surface area contributed by atoms with Gasteiger partial charge in [-0.15, -0.1) is 0 Å². The molecule has 2 fully saturated rings. The largest absolute Gasteiger partial charge is 0.359 e. The van der Waals surface area contributed by atoms with Crippen molar-refractivity contribution in [3.05, 3.63) is 17.0 Å². The maximum Gasteiger partial charge on any atom is 0.135 e. The minimum Gasteiger partial charge on any atom is -0.359 e. The van der Waals surface area contributed by atoms with E-state index < -0.39 is 0 Å². The first-order valence-corrected chi connectivity index (χ1v) is 6.77. The first kappa shape index (κ1) is 11.3. The normalized spacial score (nSPS) is 27.0. The van der Waals surface area contributed by atoms with E-state index in [1.54, 1.807) is 0 Å². The van der Waals surface area contributed by atoms with Gasteiger partial charge in [-0.05, 0) is 31.1 Å². The molecule has 4 heteroatoms. The molecule has 2 atom stereocenters. The molecule has 92 valence electrons. The third-order valence-corrected chi connectivity index (χ3v) is 4.01. The van der Waals surface area contributed by atoms with Crippen LogP contribution in [-0.4, -0.2) is 23.6 Å². The molecular weight excluding hydrogens is 234 g/mol. The number of hydrogen-bond donors (Lipinski definition) is 0. The van der Waals surface area contributed by atoms with Crippen LogP contribution in [0.15, 0.2) is 6.07 Å². The minimum absolute atomic E-state index is 0.556. The molecule has 2 unspecified atom stereocenters. The van der Waals surface area contributed by atoms with E-state index in [9.17, 15) is 0 Å². The van der Waals surface area contributed by atoms with Crippen molar-refractivity contribution in [3.63, 3.8) is 0 Å². The van der Waals surface area contributed by atoms with Gasteiger partial charge < -0.3 is 4.90 Å². The zero-order valence-electron chi connectivity index (χ0n) is 10.4. The average Bonchev–Trinajstić information content (AvgIpc) is 3.15. The Morgan fingerprint density at radius 2 is 2.12 bits per heavy atom. The zero-order chi connectivity index (χ0) is 12.0. The summed E-state index contributed by atoms with van der Waals surface area (Å²) in [6.45, 7) is 3.39. The average molecular weight is 252 g/mol. The van der Waals surface area contributed by atoms with Crippen molar-refractivity contribution in [2.45, 2.75) is 32.1 Å². The molecule has 0 amide bonds. The van der Waals surface area contributed by atoms with Gasteiger partial charge in [0, 0.05) is 25.6 Å². The number of anilines is 1. The molecule has 0 saturated heterocycles. The molecule has 2 aliphatic rings.